The molecule has 0 amide bonds. The Morgan fingerprint density at radius 3 is 2.22 bits per heavy atom. The smallest absolute Gasteiger partial charge is 0.0775 e. The predicted molar refractivity (Wildman–Crippen MR) is 78.9 cm³/mol. The number of likely N-dealkylation sites (N-methyl/N-ethyl adjacent to an activating group) is 1. The van der Waals surface area contributed by atoms with Crippen LogP contribution in [-0.2, 0) is 4.74 Å². The van der Waals surface area contributed by atoms with Crippen LogP contribution in [0.3, 0.4) is 0 Å². The molecule has 2 unspecified atom stereocenters. The highest BCUT2D eigenvalue weighted by Gasteiger charge is 2.33. The molecule has 0 aromatic rings. The van der Waals surface area contributed by atoms with Crippen molar-refractivity contribution in [1.82, 2.24) is 5.32 Å². The van der Waals surface area contributed by atoms with Crippen LogP contribution in [0.15, 0.2) is 0 Å². The van der Waals surface area contributed by atoms with Crippen LogP contribution >= 0.6 is 0 Å². The van der Waals surface area contributed by atoms with E-state index in [0.717, 1.165) is 12.5 Å². The Kier molecular flexibility index (Phi) is 6.65. The fourth-order valence-corrected chi connectivity index (χ4v) is 3.32. The second-order valence-corrected chi connectivity index (χ2v) is 6.88. The molecule has 0 heterocycles. The van der Waals surface area contributed by atoms with E-state index in [2.05, 4.69) is 40.1 Å². The number of hydrogen-bond acceptors (Lipinski definition) is 2. The summed E-state index contributed by atoms with van der Waals surface area (Å²) in [6.45, 7) is 9.78. The van der Waals surface area contributed by atoms with Gasteiger partial charge in [0.2, 0.25) is 0 Å². The Balaban J connectivity index is 2.60. The van der Waals surface area contributed by atoms with Gasteiger partial charge in [-0.25, -0.2) is 0 Å². The SMILES string of the molecule is CCOC(C(CC1CCCCC1)NC)C(C)(C)C. The van der Waals surface area contributed by atoms with E-state index in [9.17, 15) is 0 Å². The second-order valence-electron chi connectivity index (χ2n) is 6.88. The van der Waals surface area contributed by atoms with Crippen molar-refractivity contribution in [2.75, 3.05) is 13.7 Å². The average Bonchev–Trinajstić information content (AvgIpc) is 2.33. The Hall–Kier alpha value is -0.0800. The maximum absolute atomic E-state index is 6.04. The fourth-order valence-electron chi connectivity index (χ4n) is 3.32. The predicted octanol–water partition coefficient (Wildman–Crippen LogP) is 4.00. The molecule has 0 radical (unpaired) electrons. The minimum Gasteiger partial charge on any atom is -0.376 e. The van der Waals surface area contributed by atoms with Crippen molar-refractivity contribution in [2.45, 2.75) is 78.4 Å². The molecule has 0 aromatic carbocycles. The van der Waals surface area contributed by atoms with E-state index in [0.29, 0.717) is 12.1 Å². The normalized spacial score (nSPS) is 21.8. The quantitative estimate of drug-likeness (QED) is 0.774. The van der Waals surface area contributed by atoms with Crippen LogP contribution in [0, 0.1) is 11.3 Å². The van der Waals surface area contributed by atoms with E-state index in [1.807, 2.05) is 0 Å². The summed E-state index contributed by atoms with van der Waals surface area (Å²) >= 11 is 0. The van der Waals surface area contributed by atoms with Gasteiger partial charge in [-0.1, -0.05) is 52.9 Å². The molecule has 2 nitrogen and oxygen atoms in total. The summed E-state index contributed by atoms with van der Waals surface area (Å²) in [5.41, 5.74) is 0.207. The monoisotopic (exact) mass is 255 g/mol. The van der Waals surface area contributed by atoms with E-state index < -0.39 is 0 Å². The highest BCUT2D eigenvalue weighted by atomic mass is 16.5. The molecule has 1 fully saturated rings. The Morgan fingerprint density at radius 1 is 1.17 bits per heavy atom. The first-order valence-electron chi connectivity index (χ1n) is 7.78. The van der Waals surface area contributed by atoms with Crippen LogP contribution in [0.1, 0.15) is 66.2 Å². The van der Waals surface area contributed by atoms with Gasteiger partial charge in [0.05, 0.1) is 6.10 Å². The summed E-state index contributed by atoms with van der Waals surface area (Å²) in [5.74, 6) is 0.904. The molecule has 0 bridgehead atoms. The lowest BCUT2D eigenvalue weighted by molar-refractivity contribution is -0.0399. The maximum Gasteiger partial charge on any atom is 0.0775 e. The first-order valence-corrected chi connectivity index (χ1v) is 7.78. The summed E-state index contributed by atoms with van der Waals surface area (Å²) in [4.78, 5) is 0. The summed E-state index contributed by atoms with van der Waals surface area (Å²) in [5, 5.41) is 3.52. The van der Waals surface area contributed by atoms with E-state index >= 15 is 0 Å². The zero-order chi connectivity index (χ0) is 13.6. The lowest BCUT2D eigenvalue weighted by Crippen LogP contribution is -2.48. The van der Waals surface area contributed by atoms with Crippen LogP contribution in [0.4, 0.5) is 0 Å². The molecule has 0 aliphatic heterocycles. The first kappa shape index (κ1) is 16.0. The number of ether oxygens (including phenoxy) is 1. The molecule has 1 rings (SSSR count). The van der Waals surface area contributed by atoms with E-state index in [1.165, 1.54) is 38.5 Å². The van der Waals surface area contributed by atoms with Crippen LogP contribution in [0.5, 0.6) is 0 Å². The van der Waals surface area contributed by atoms with Crippen molar-refractivity contribution in [2.24, 2.45) is 11.3 Å². The van der Waals surface area contributed by atoms with Gasteiger partial charge in [0.25, 0.3) is 0 Å². The highest BCUT2D eigenvalue weighted by Crippen LogP contribution is 2.32. The molecule has 1 saturated carbocycles. The summed E-state index contributed by atoms with van der Waals surface area (Å²) in [6, 6.07) is 0.494. The van der Waals surface area contributed by atoms with E-state index in [1.54, 1.807) is 0 Å². The van der Waals surface area contributed by atoms with Gasteiger partial charge in [-0.3, -0.25) is 0 Å². The van der Waals surface area contributed by atoms with Crippen molar-refractivity contribution in [3.05, 3.63) is 0 Å². The van der Waals surface area contributed by atoms with Gasteiger partial charge in [-0.15, -0.1) is 0 Å². The van der Waals surface area contributed by atoms with Crippen molar-refractivity contribution in [1.29, 1.82) is 0 Å². The molecule has 1 N–H and O–H groups in total. The third-order valence-electron chi connectivity index (χ3n) is 4.25. The highest BCUT2D eigenvalue weighted by molar-refractivity contribution is 4.87. The first-order chi connectivity index (χ1) is 8.49. The van der Waals surface area contributed by atoms with Crippen LogP contribution in [0.25, 0.3) is 0 Å². The number of rotatable bonds is 6. The molecule has 1 aliphatic rings. The third kappa shape index (κ3) is 4.89. The van der Waals surface area contributed by atoms with E-state index in [4.69, 9.17) is 4.74 Å². The molecule has 2 atom stereocenters. The van der Waals surface area contributed by atoms with Crippen molar-refractivity contribution < 1.29 is 4.74 Å². The summed E-state index contributed by atoms with van der Waals surface area (Å²) in [7, 11) is 2.09. The second kappa shape index (κ2) is 7.49. The van der Waals surface area contributed by atoms with Gasteiger partial charge < -0.3 is 10.1 Å². The van der Waals surface area contributed by atoms with Crippen LogP contribution in [-0.4, -0.2) is 25.8 Å². The Labute approximate surface area is 114 Å². The van der Waals surface area contributed by atoms with Crippen LogP contribution < -0.4 is 5.32 Å². The topological polar surface area (TPSA) is 21.3 Å². The molecule has 108 valence electrons. The average molecular weight is 255 g/mol. The third-order valence-corrected chi connectivity index (χ3v) is 4.25. The molecular weight excluding hydrogens is 222 g/mol. The molecule has 0 spiro atoms. The van der Waals surface area contributed by atoms with Gasteiger partial charge in [-0.05, 0) is 31.7 Å². The Bertz CT molecular complexity index is 216. The van der Waals surface area contributed by atoms with Crippen LogP contribution in [0.2, 0.25) is 0 Å². The zero-order valence-corrected chi connectivity index (χ0v) is 13.1. The van der Waals surface area contributed by atoms with Gasteiger partial charge in [0.1, 0.15) is 0 Å². The molecule has 0 saturated heterocycles. The lowest BCUT2D eigenvalue weighted by atomic mass is 9.78. The standard InChI is InChI=1S/C16H33NO/c1-6-18-15(16(2,3)4)14(17-5)12-13-10-8-7-9-11-13/h13-15,17H,6-12H2,1-5H3. The minimum atomic E-state index is 0.207. The molecule has 2 heteroatoms. The van der Waals surface area contributed by atoms with E-state index in [-0.39, 0.29) is 5.41 Å². The molecule has 1 aliphatic carbocycles. The lowest BCUT2D eigenvalue weighted by Gasteiger charge is -2.38. The van der Waals surface area contributed by atoms with Crippen molar-refractivity contribution >= 4 is 0 Å². The van der Waals surface area contributed by atoms with Gasteiger partial charge in [-0.2, -0.15) is 0 Å². The molecule has 0 aromatic heterocycles. The summed E-state index contributed by atoms with van der Waals surface area (Å²) in [6.07, 6.45) is 8.72. The van der Waals surface area contributed by atoms with Crippen molar-refractivity contribution in [3.8, 4) is 0 Å². The maximum atomic E-state index is 6.04. The number of nitrogens with one attached hydrogen (secondary N) is 1. The molecule has 18 heavy (non-hydrogen) atoms. The van der Waals surface area contributed by atoms with Gasteiger partial charge >= 0.3 is 0 Å². The largest absolute Gasteiger partial charge is 0.376 e. The van der Waals surface area contributed by atoms with Gasteiger partial charge in [0.15, 0.2) is 0 Å². The molecular formula is C16H33NO. The summed E-state index contributed by atoms with van der Waals surface area (Å²) < 4.78 is 6.04. The number of hydrogen-bond donors (Lipinski definition) is 1. The van der Waals surface area contributed by atoms with Crippen molar-refractivity contribution in [3.63, 3.8) is 0 Å². The fraction of sp³-hybridized carbons (Fsp3) is 1.00. The zero-order valence-electron chi connectivity index (χ0n) is 13.1. The minimum absolute atomic E-state index is 0.207. The van der Waals surface area contributed by atoms with Gasteiger partial charge in [0, 0.05) is 12.6 Å². The Morgan fingerprint density at radius 2 is 1.78 bits per heavy atom.